The van der Waals surface area contributed by atoms with Crippen molar-refractivity contribution in [3.63, 3.8) is 0 Å². The van der Waals surface area contributed by atoms with Gasteiger partial charge in [-0.15, -0.1) is 0 Å². The van der Waals surface area contributed by atoms with Crippen molar-refractivity contribution in [2.45, 2.75) is 30.8 Å². The number of carboxylic acid groups (broad SMARTS) is 1. The van der Waals surface area contributed by atoms with Crippen LogP contribution in [-0.4, -0.2) is 65.4 Å². The van der Waals surface area contributed by atoms with Crippen LogP contribution in [0.3, 0.4) is 0 Å². The van der Waals surface area contributed by atoms with Crippen molar-refractivity contribution in [2.24, 2.45) is 5.16 Å². The van der Waals surface area contributed by atoms with Crippen molar-refractivity contribution >= 4 is 39.1 Å². The van der Waals surface area contributed by atoms with Crippen molar-refractivity contribution in [1.29, 1.82) is 0 Å². The zero-order valence-electron chi connectivity index (χ0n) is 17.5. The van der Waals surface area contributed by atoms with Crippen LogP contribution in [0, 0.1) is 5.82 Å². The average Bonchev–Trinajstić information content (AvgIpc) is 3.27. The fraction of sp³-hybridized carbons (Fsp3) is 0.412. The molecule has 1 fully saturated rings. The number of carbonyl (C=O) groups is 1. The number of anilines is 1. The van der Waals surface area contributed by atoms with Gasteiger partial charge in [-0.05, 0) is 49.3 Å². The molecule has 18 heteroatoms. The van der Waals surface area contributed by atoms with Crippen LogP contribution in [0.25, 0.3) is 0 Å². The molecule has 35 heavy (non-hydrogen) atoms. The molecule has 5 N–H and O–H groups in total. The van der Waals surface area contributed by atoms with Gasteiger partial charge >= 0.3 is 12.1 Å². The van der Waals surface area contributed by atoms with Crippen LogP contribution in [0.4, 0.5) is 23.2 Å². The molecular weight excluding hydrogens is 528 g/mol. The lowest BCUT2D eigenvalue weighted by molar-refractivity contribution is -0.192. The maximum atomic E-state index is 13.3. The lowest BCUT2D eigenvalue weighted by Crippen LogP contribution is -2.41. The minimum Gasteiger partial charge on any atom is -0.475 e. The third-order valence-electron chi connectivity index (χ3n) is 4.47. The Balaban J connectivity index is 0.000000540. The molecule has 1 aromatic carbocycles. The van der Waals surface area contributed by atoms with E-state index in [1.54, 1.807) is 0 Å². The van der Waals surface area contributed by atoms with Gasteiger partial charge in [0.15, 0.2) is 5.69 Å². The summed E-state index contributed by atoms with van der Waals surface area (Å²) in [4.78, 5) is 8.90. The first-order valence-corrected chi connectivity index (χ1v) is 11.5. The number of nitrogens with one attached hydrogen (secondary N) is 3. The molecule has 12 nitrogen and oxygen atoms in total. The van der Waals surface area contributed by atoms with Crippen LogP contribution in [0.5, 0.6) is 0 Å². The smallest absolute Gasteiger partial charge is 0.475 e. The summed E-state index contributed by atoms with van der Waals surface area (Å²) in [6, 6.07) is 3.79. The second-order valence-corrected chi connectivity index (χ2v) is 9.33. The summed E-state index contributed by atoms with van der Waals surface area (Å²) in [5, 5.41) is 32.0. The first kappa shape index (κ1) is 28.2. The fourth-order valence-electron chi connectivity index (χ4n) is 2.74. The van der Waals surface area contributed by atoms with Crippen LogP contribution >= 0.6 is 11.6 Å². The number of carboxylic acids is 1. The van der Waals surface area contributed by atoms with Gasteiger partial charge in [0, 0.05) is 5.69 Å². The van der Waals surface area contributed by atoms with Crippen LogP contribution in [0.2, 0.25) is 5.02 Å². The highest BCUT2D eigenvalue weighted by Gasteiger charge is 2.38. The van der Waals surface area contributed by atoms with Crippen molar-refractivity contribution in [3.8, 4) is 0 Å². The number of aliphatic carboxylic acids is 1. The molecule has 0 spiro atoms. The van der Waals surface area contributed by atoms with Crippen LogP contribution in [0.1, 0.15) is 24.2 Å². The average molecular weight is 547 g/mol. The Morgan fingerprint density at radius 1 is 1.29 bits per heavy atom. The Morgan fingerprint density at radius 3 is 2.46 bits per heavy atom. The van der Waals surface area contributed by atoms with E-state index in [1.165, 1.54) is 12.1 Å². The molecule has 0 saturated carbocycles. The van der Waals surface area contributed by atoms with Crippen LogP contribution in [-0.2, 0) is 21.4 Å². The van der Waals surface area contributed by atoms with Gasteiger partial charge in [-0.2, -0.15) is 13.2 Å². The summed E-state index contributed by atoms with van der Waals surface area (Å²) in [5.41, 5.74) is 0.436. The van der Waals surface area contributed by atoms with Gasteiger partial charge in [0.25, 0.3) is 0 Å². The molecule has 2 heterocycles. The maximum Gasteiger partial charge on any atom is 0.490 e. The molecule has 1 aliphatic heterocycles. The molecule has 0 unspecified atom stereocenters. The van der Waals surface area contributed by atoms with Gasteiger partial charge in [-0.1, -0.05) is 21.9 Å². The summed E-state index contributed by atoms with van der Waals surface area (Å²) >= 11 is 5.73. The number of hydrogen-bond acceptors (Lipinski definition) is 9. The third kappa shape index (κ3) is 8.30. The normalized spacial score (nSPS) is 15.3. The molecule has 1 aliphatic rings. The largest absolute Gasteiger partial charge is 0.490 e. The van der Waals surface area contributed by atoms with Crippen molar-refractivity contribution in [2.75, 3.05) is 18.4 Å². The highest BCUT2D eigenvalue weighted by molar-refractivity contribution is 7.90. The number of rotatable bonds is 6. The standard InChI is InChI=1S/C15H18ClFN6O4S.C2HF3O2/c16-11-7-9(1-2-12(11)17)20-15(21-24)14-13(22-27-23-14)8-19-28(25,26)10-3-5-18-6-4-10;3-2(4,5)1(6)7/h1-2,7,10,18-19,24H,3-6,8H2,(H,20,21);(H,6,7). The monoisotopic (exact) mass is 546 g/mol. The number of nitrogens with zero attached hydrogens (tertiary/aromatic N) is 3. The Bertz CT molecular complexity index is 1150. The van der Waals surface area contributed by atoms with Crippen LogP contribution in [0.15, 0.2) is 28.0 Å². The van der Waals surface area contributed by atoms with E-state index in [-0.39, 0.29) is 28.8 Å². The zero-order chi connectivity index (χ0) is 26.2. The molecule has 0 radical (unpaired) electrons. The highest BCUT2D eigenvalue weighted by Crippen LogP contribution is 2.20. The molecule has 1 saturated heterocycles. The van der Waals surface area contributed by atoms with Gasteiger partial charge < -0.3 is 20.9 Å². The lowest BCUT2D eigenvalue weighted by Gasteiger charge is -2.22. The topological polar surface area (TPSA) is 179 Å². The number of halogens is 5. The number of hydrogen-bond donors (Lipinski definition) is 5. The molecule has 1 aromatic heterocycles. The second kappa shape index (κ2) is 12.1. The summed E-state index contributed by atoms with van der Waals surface area (Å²) in [5.74, 6) is -3.53. The van der Waals surface area contributed by atoms with E-state index in [0.717, 1.165) is 6.07 Å². The lowest BCUT2D eigenvalue weighted by atomic mass is 10.2. The molecule has 3 rings (SSSR count). The van der Waals surface area contributed by atoms with Crippen LogP contribution < -0.4 is 15.4 Å². The summed E-state index contributed by atoms with van der Waals surface area (Å²) < 4.78 is 77.0. The molecular formula is C17H19ClF4N6O6S. The second-order valence-electron chi connectivity index (χ2n) is 6.88. The number of sulfonamides is 1. The van der Waals surface area contributed by atoms with Gasteiger partial charge in [-0.3, -0.25) is 0 Å². The Morgan fingerprint density at radius 2 is 1.91 bits per heavy atom. The number of aromatic nitrogens is 2. The Kier molecular flexibility index (Phi) is 9.75. The SMILES string of the molecule is O=C(O)C(F)(F)F.O=S(=O)(NCc1nonc1/C(=N\O)Nc1ccc(F)c(Cl)c1)C1CCNCC1. The van der Waals surface area contributed by atoms with Crippen molar-refractivity contribution in [3.05, 3.63) is 40.4 Å². The number of oxime groups is 1. The van der Waals surface area contributed by atoms with E-state index < -0.39 is 33.2 Å². The summed E-state index contributed by atoms with van der Waals surface area (Å²) in [7, 11) is -3.56. The molecule has 0 atom stereocenters. The fourth-order valence-corrected chi connectivity index (χ4v) is 4.35. The number of alkyl halides is 3. The van der Waals surface area contributed by atoms with Crippen molar-refractivity contribution in [1.82, 2.24) is 20.4 Å². The first-order valence-electron chi connectivity index (χ1n) is 9.60. The quantitative estimate of drug-likeness (QED) is 0.118. The minimum atomic E-state index is -5.08. The summed E-state index contributed by atoms with van der Waals surface area (Å²) in [6.07, 6.45) is -4.06. The van der Waals surface area contributed by atoms with Gasteiger partial charge in [0.05, 0.1) is 16.8 Å². The molecule has 194 valence electrons. The first-order chi connectivity index (χ1) is 16.3. The van der Waals surface area contributed by atoms with Gasteiger partial charge in [0.1, 0.15) is 11.5 Å². The number of amidine groups is 1. The predicted octanol–water partition coefficient (Wildman–Crippen LogP) is 1.91. The minimum absolute atomic E-state index is 0.00374. The molecule has 0 aliphatic carbocycles. The molecule has 0 bridgehead atoms. The molecule has 2 aromatic rings. The van der Waals surface area contributed by atoms with E-state index >= 15 is 0 Å². The highest BCUT2D eigenvalue weighted by atomic mass is 35.5. The number of benzene rings is 1. The van der Waals surface area contributed by atoms with E-state index in [1.807, 2.05) is 0 Å². The third-order valence-corrected chi connectivity index (χ3v) is 6.66. The Labute approximate surface area is 200 Å². The molecule has 0 amide bonds. The van der Waals surface area contributed by atoms with E-state index in [4.69, 9.17) is 21.5 Å². The summed E-state index contributed by atoms with van der Waals surface area (Å²) in [6.45, 7) is 1.07. The Hall–Kier alpha value is -3.02. The predicted molar refractivity (Wildman–Crippen MR) is 113 cm³/mol. The maximum absolute atomic E-state index is 13.3. The van der Waals surface area contributed by atoms with E-state index in [0.29, 0.717) is 31.6 Å². The number of piperidine rings is 1. The van der Waals surface area contributed by atoms with E-state index in [9.17, 15) is 31.2 Å². The van der Waals surface area contributed by atoms with E-state index in [2.05, 4.69) is 35.5 Å². The van der Waals surface area contributed by atoms with Gasteiger partial charge in [0.2, 0.25) is 15.9 Å². The van der Waals surface area contributed by atoms with Crippen molar-refractivity contribution < 1.29 is 45.7 Å². The van der Waals surface area contributed by atoms with Gasteiger partial charge in [-0.25, -0.2) is 27.0 Å². The zero-order valence-corrected chi connectivity index (χ0v) is 19.1.